The molecule has 0 bridgehead atoms. The van der Waals surface area contributed by atoms with Gasteiger partial charge in [-0.3, -0.25) is 0 Å². The monoisotopic (exact) mass is 1150 g/mol. The van der Waals surface area contributed by atoms with Crippen molar-refractivity contribution in [2.75, 3.05) is 6.61 Å². The molecule has 79 heavy (non-hydrogen) atoms. The standard InChI is InChI=1S/C36H60F2O6Si2.C25H34F2O6/c1-24(27(4)44-46(13,14)35(5,6)7)18-19-25(2)32-30(42-36(8,9)43-32)17-15-16-28-23-29(41-34(37)38)22-26(3)31(28)33(39)40-20-21-45(10,11)12;1-14(17(4)28)10-11-15(2)22-20(32-25(5,6)33-22)9-7-8-18-13-19(31-24(26)27)12-16(3)21(18)23(29)30/h15-16,18-19,22-25,27,30,32,34H,17,20-21H2,1-14H3;7-8,10-15,17,20,22,24,28H,9H2,1-6H3,(H,29,30)/b16-15+,19-18-;8-7+,11-10-/t24?,25?,27-,30-,32+;14?,15?,17-,20-,22+/m00/s1. The molecule has 0 aromatic heterocycles. The second-order valence-corrected chi connectivity index (χ2v) is 35.4. The maximum Gasteiger partial charge on any atom is 0.387 e. The number of esters is 1. The summed E-state index contributed by atoms with van der Waals surface area (Å²) in [5, 5.41) is 19.4. The summed E-state index contributed by atoms with van der Waals surface area (Å²) in [5.74, 6) is -2.99. The van der Waals surface area contributed by atoms with E-state index in [1.165, 1.54) is 31.2 Å². The molecule has 0 radical (unpaired) electrons. The molecule has 18 heteroatoms. The van der Waals surface area contributed by atoms with E-state index in [2.05, 4.69) is 95.9 Å². The van der Waals surface area contributed by atoms with Crippen LogP contribution >= 0.6 is 0 Å². The highest BCUT2D eigenvalue weighted by atomic mass is 28.4. The molecule has 0 saturated carbocycles. The molecule has 2 aliphatic rings. The Balaban J connectivity index is 0.000000438. The molecule has 4 rings (SSSR count). The fourth-order valence-electron chi connectivity index (χ4n) is 8.89. The van der Waals surface area contributed by atoms with Gasteiger partial charge >= 0.3 is 25.2 Å². The summed E-state index contributed by atoms with van der Waals surface area (Å²) >= 11 is 0. The number of alkyl halides is 4. The lowest BCUT2D eigenvalue weighted by atomic mass is 9.94. The number of aromatic carboxylic acids is 1. The lowest BCUT2D eigenvalue weighted by Crippen LogP contribution is -2.44. The molecule has 12 nitrogen and oxygen atoms in total. The molecule has 10 atom stereocenters. The van der Waals surface area contributed by atoms with Gasteiger partial charge in [0.15, 0.2) is 19.9 Å². The maximum absolute atomic E-state index is 13.2. The van der Waals surface area contributed by atoms with Crippen molar-refractivity contribution >= 4 is 40.5 Å². The first kappa shape index (κ1) is 69.1. The molecule has 2 saturated heterocycles. The largest absolute Gasteiger partial charge is 0.478 e. The number of hydrogen-bond acceptors (Lipinski definition) is 11. The number of aliphatic hydroxyl groups excluding tert-OH is 1. The molecule has 2 heterocycles. The van der Waals surface area contributed by atoms with E-state index in [9.17, 15) is 37.4 Å². The van der Waals surface area contributed by atoms with Crippen LogP contribution < -0.4 is 9.47 Å². The number of hydrogen-bond donors (Lipinski definition) is 2. The zero-order chi connectivity index (χ0) is 60.2. The lowest BCUT2D eigenvalue weighted by Gasteiger charge is -2.39. The van der Waals surface area contributed by atoms with Crippen molar-refractivity contribution in [1.82, 2.24) is 0 Å². The molecule has 446 valence electrons. The van der Waals surface area contributed by atoms with Crippen molar-refractivity contribution in [3.8, 4) is 11.5 Å². The highest BCUT2D eigenvalue weighted by Crippen LogP contribution is 2.40. The van der Waals surface area contributed by atoms with Crippen molar-refractivity contribution in [3.63, 3.8) is 0 Å². The Morgan fingerprint density at radius 3 is 1.48 bits per heavy atom. The molecule has 2 N–H and O–H groups in total. The number of ether oxygens (including phenoxy) is 7. The first-order valence-corrected chi connectivity index (χ1v) is 34.2. The molecule has 0 amide bonds. The van der Waals surface area contributed by atoms with E-state index in [-0.39, 0.29) is 81.9 Å². The van der Waals surface area contributed by atoms with Gasteiger partial charge in [-0.2, -0.15) is 17.6 Å². The summed E-state index contributed by atoms with van der Waals surface area (Å²) < 4.78 is 97.6. The van der Waals surface area contributed by atoms with Crippen LogP contribution in [0.1, 0.15) is 146 Å². The molecular formula is C61H94F4O12Si2. The van der Waals surface area contributed by atoms with Crippen LogP contribution in [0.3, 0.4) is 0 Å². The lowest BCUT2D eigenvalue weighted by molar-refractivity contribution is -0.148. The Bertz CT molecular complexity index is 2420. The number of benzene rings is 2. The normalized spacial score (nSPS) is 22.1. The van der Waals surface area contributed by atoms with Crippen LogP contribution in [0.15, 0.2) is 60.7 Å². The van der Waals surface area contributed by atoms with Crippen LogP contribution in [0, 0.1) is 37.5 Å². The summed E-state index contributed by atoms with van der Waals surface area (Å²) in [4.78, 5) is 24.9. The van der Waals surface area contributed by atoms with Gasteiger partial charge in [-0.25, -0.2) is 9.59 Å². The van der Waals surface area contributed by atoms with Gasteiger partial charge in [-0.1, -0.05) is 117 Å². The van der Waals surface area contributed by atoms with E-state index in [1.54, 1.807) is 32.1 Å². The third kappa shape index (κ3) is 22.3. The third-order valence-electron chi connectivity index (χ3n) is 14.7. The zero-order valence-electron chi connectivity index (χ0n) is 50.7. The fourth-order valence-corrected chi connectivity index (χ4v) is 11.1. The molecule has 2 aromatic carbocycles. The second kappa shape index (κ2) is 29.2. The average molecular weight is 1150 g/mol. The van der Waals surface area contributed by atoms with Crippen LogP contribution in [0.25, 0.3) is 12.2 Å². The number of aryl methyl sites for hydroxylation is 2. The van der Waals surface area contributed by atoms with Crippen LogP contribution in [-0.2, 0) is 28.1 Å². The smallest absolute Gasteiger partial charge is 0.387 e. The Hall–Kier alpha value is -4.15. The summed E-state index contributed by atoms with van der Waals surface area (Å²) in [6.07, 6.45) is 14.9. The Morgan fingerprint density at radius 2 is 1.09 bits per heavy atom. The second-order valence-electron chi connectivity index (χ2n) is 25.0. The first-order chi connectivity index (χ1) is 36.2. The number of carboxylic acids is 1. The summed E-state index contributed by atoms with van der Waals surface area (Å²) in [7, 11) is -3.29. The van der Waals surface area contributed by atoms with Crippen molar-refractivity contribution in [1.29, 1.82) is 0 Å². The zero-order valence-corrected chi connectivity index (χ0v) is 52.7. The SMILES string of the molecule is Cc1cc(OC(F)F)cc(/C=C/C[C@@H]2OC(C)(C)O[C@@H]2C(C)/C=C\C(C)[C@H](C)O)c1C(=O)O.Cc1cc(OC(F)F)cc(/C=C/C[C@@H]2OC(C)(C)O[C@@H]2C(C)/C=C\C(C)[C@H](C)O[Si](C)(C)C(C)(C)C)c1C(=O)OCC[Si](C)(C)C. The van der Waals surface area contributed by atoms with Crippen molar-refractivity contribution in [2.24, 2.45) is 23.7 Å². The van der Waals surface area contributed by atoms with Crippen molar-refractivity contribution in [3.05, 3.63) is 94.1 Å². The topological polar surface area (TPSA) is 148 Å². The number of carboxylic acid groups (broad SMARTS) is 1. The van der Waals surface area contributed by atoms with E-state index in [0.717, 1.165) is 6.04 Å². The van der Waals surface area contributed by atoms with Gasteiger partial charge in [0.25, 0.3) is 0 Å². The van der Waals surface area contributed by atoms with Crippen LogP contribution in [-0.4, -0.2) is 107 Å². The predicted molar refractivity (Wildman–Crippen MR) is 310 cm³/mol. The van der Waals surface area contributed by atoms with Crippen LogP contribution in [0.4, 0.5) is 17.6 Å². The van der Waals surface area contributed by atoms with Crippen LogP contribution in [0.2, 0.25) is 43.8 Å². The molecule has 4 unspecified atom stereocenters. The number of carbonyl (C=O) groups excluding carboxylic acids is 1. The Kier molecular flexibility index (Phi) is 25.6. The summed E-state index contributed by atoms with van der Waals surface area (Å²) in [5.41, 5.74) is 1.93. The first-order valence-electron chi connectivity index (χ1n) is 27.6. The number of rotatable bonds is 25. The van der Waals surface area contributed by atoms with Gasteiger partial charge in [0, 0.05) is 26.0 Å². The van der Waals surface area contributed by atoms with Crippen LogP contribution in [0.5, 0.6) is 11.5 Å². The molecule has 2 aromatic rings. The minimum absolute atomic E-state index is 0.00143. The third-order valence-corrected chi connectivity index (χ3v) is 20.9. The highest BCUT2D eigenvalue weighted by molar-refractivity contribution is 6.76. The predicted octanol–water partition coefficient (Wildman–Crippen LogP) is 15.7. The van der Waals surface area contributed by atoms with Crippen molar-refractivity contribution in [2.45, 2.75) is 222 Å². The fraction of sp³-hybridized carbons (Fsp3) is 0.639. The highest BCUT2D eigenvalue weighted by Gasteiger charge is 2.44. The number of aliphatic hydroxyl groups is 1. The van der Waals surface area contributed by atoms with E-state index in [0.29, 0.717) is 41.7 Å². The van der Waals surface area contributed by atoms with E-state index in [1.807, 2.05) is 59.8 Å². The van der Waals surface area contributed by atoms with Crippen molar-refractivity contribution < 1.29 is 74.9 Å². The maximum atomic E-state index is 13.2. The molecule has 2 aliphatic heterocycles. The number of halogens is 4. The van der Waals surface area contributed by atoms with E-state index in [4.69, 9.17) is 28.1 Å². The molecular weight excluding hydrogens is 1060 g/mol. The summed E-state index contributed by atoms with van der Waals surface area (Å²) in [6.45, 7) is 35.1. The molecule has 0 aliphatic carbocycles. The van der Waals surface area contributed by atoms with Gasteiger partial charge < -0.3 is 47.8 Å². The van der Waals surface area contributed by atoms with Gasteiger partial charge in [0.05, 0.1) is 48.3 Å². The quantitative estimate of drug-likeness (QED) is 0.0422. The summed E-state index contributed by atoms with van der Waals surface area (Å²) in [6, 6.07) is 6.30. The van der Waals surface area contributed by atoms with Gasteiger partial charge in [-0.15, -0.1) is 0 Å². The van der Waals surface area contributed by atoms with E-state index < -0.39 is 59.2 Å². The molecule has 2 fully saturated rings. The Labute approximate surface area is 471 Å². The minimum atomic E-state index is -3.00. The average Bonchev–Trinajstić information content (AvgIpc) is 3.78. The minimum Gasteiger partial charge on any atom is -0.478 e. The molecule has 0 spiro atoms. The van der Waals surface area contributed by atoms with Gasteiger partial charge in [-0.05, 0) is 151 Å². The Morgan fingerprint density at radius 1 is 0.671 bits per heavy atom. The van der Waals surface area contributed by atoms with E-state index >= 15 is 0 Å². The van der Waals surface area contributed by atoms with Gasteiger partial charge in [0.1, 0.15) is 11.5 Å². The van der Waals surface area contributed by atoms with Gasteiger partial charge in [0.2, 0.25) is 0 Å². The number of carbonyl (C=O) groups is 2.